The Bertz CT molecular complexity index is 581. The van der Waals surface area contributed by atoms with Crippen molar-refractivity contribution in [2.75, 3.05) is 45.2 Å². The Morgan fingerprint density at radius 3 is 2.80 bits per heavy atom. The fraction of sp³-hybridized carbons (Fsp3) is 0.412. The van der Waals surface area contributed by atoms with E-state index in [1.54, 1.807) is 0 Å². The molecule has 1 saturated heterocycles. The van der Waals surface area contributed by atoms with Crippen molar-refractivity contribution >= 4 is 16.5 Å². The van der Waals surface area contributed by atoms with E-state index < -0.39 is 0 Å². The predicted molar refractivity (Wildman–Crippen MR) is 86.5 cm³/mol. The van der Waals surface area contributed by atoms with Crippen LogP contribution in [0.2, 0.25) is 0 Å². The second-order valence-electron chi connectivity index (χ2n) is 5.83. The summed E-state index contributed by atoms with van der Waals surface area (Å²) in [6.45, 7) is 4.41. The van der Waals surface area contributed by atoms with Crippen LogP contribution in [0.3, 0.4) is 0 Å². The maximum atomic E-state index is 3.60. The van der Waals surface area contributed by atoms with Crippen LogP contribution < -0.4 is 10.2 Å². The standard InChI is InChI=1S/C17H23N3/c1-19-10-9-18-16(12-19)13-20(2)17-8-7-14-5-3-4-6-15(14)11-17/h3-8,11,16,18H,9-10,12-13H2,1-2H3. The van der Waals surface area contributed by atoms with Gasteiger partial charge in [-0.05, 0) is 30.0 Å². The zero-order chi connectivity index (χ0) is 13.9. The van der Waals surface area contributed by atoms with Crippen LogP contribution in [0.25, 0.3) is 10.8 Å². The van der Waals surface area contributed by atoms with Gasteiger partial charge in [0.2, 0.25) is 0 Å². The fourth-order valence-corrected chi connectivity index (χ4v) is 2.96. The summed E-state index contributed by atoms with van der Waals surface area (Å²) in [5.74, 6) is 0. The van der Waals surface area contributed by atoms with Crippen LogP contribution in [-0.2, 0) is 0 Å². The lowest BCUT2D eigenvalue weighted by molar-refractivity contribution is 0.241. The van der Waals surface area contributed by atoms with Gasteiger partial charge < -0.3 is 15.1 Å². The maximum Gasteiger partial charge on any atom is 0.0371 e. The van der Waals surface area contributed by atoms with E-state index in [1.165, 1.54) is 16.5 Å². The summed E-state index contributed by atoms with van der Waals surface area (Å²) in [6.07, 6.45) is 0. The molecule has 1 N–H and O–H groups in total. The van der Waals surface area contributed by atoms with Crippen LogP contribution in [0.5, 0.6) is 0 Å². The highest BCUT2D eigenvalue weighted by atomic mass is 15.2. The molecule has 2 aromatic carbocycles. The molecular formula is C17H23N3. The van der Waals surface area contributed by atoms with E-state index in [1.807, 2.05) is 0 Å². The molecule has 2 aromatic rings. The Balaban J connectivity index is 1.73. The van der Waals surface area contributed by atoms with Crippen molar-refractivity contribution in [3.05, 3.63) is 42.5 Å². The van der Waals surface area contributed by atoms with Crippen molar-refractivity contribution in [1.29, 1.82) is 0 Å². The van der Waals surface area contributed by atoms with E-state index in [4.69, 9.17) is 0 Å². The zero-order valence-corrected chi connectivity index (χ0v) is 12.3. The smallest absolute Gasteiger partial charge is 0.0371 e. The molecule has 0 aliphatic carbocycles. The Morgan fingerprint density at radius 2 is 2.00 bits per heavy atom. The molecule has 0 aromatic heterocycles. The molecule has 0 saturated carbocycles. The van der Waals surface area contributed by atoms with Gasteiger partial charge in [-0.3, -0.25) is 0 Å². The minimum atomic E-state index is 0.547. The topological polar surface area (TPSA) is 18.5 Å². The highest BCUT2D eigenvalue weighted by Gasteiger charge is 2.18. The van der Waals surface area contributed by atoms with E-state index >= 15 is 0 Å². The SMILES string of the molecule is CN1CCNC(CN(C)c2ccc3ccccc3c2)C1. The van der Waals surface area contributed by atoms with Gasteiger partial charge in [-0.15, -0.1) is 0 Å². The molecule has 1 fully saturated rings. The van der Waals surface area contributed by atoms with Crippen LogP contribution in [0.4, 0.5) is 5.69 Å². The Morgan fingerprint density at radius 1 is 1.20 bits per heavy atom. The maximum absolute atomic E-state index is 3.60. The van der Waals surface area contributed by atoms with Crippen LogP contribution in [0.15, 0.2) is 42.5 Å². The molecular weight excluding hydrogens is 246 g/mol. The molecule has 0 bridgehead atoms. The molecule has 0 spiro atoms. The molecule has 1 aliphatic heterocycles. The number of hydrogen-bond donors (Lipinski definition) is 1. The summed E-state index contributed by atoms with van der Waals surface area (Å²) in [5, 5.41) is 6.22. The number of nitrogens with one attached hydrogen (secondary N) is 1. The Labute approximate surface area is 121 Å². The first-order chi connectivity index (χ1) is 9.72. The average Bonchev–Trinajstić information content (AvgIpc) is 2.47. The molecule has 20 heavy (non-hydrogen) atoms. The molecule has 1 atom stereocenters. The van der Waals surface area contributed by atoms with Crippen molar-refractivity contribution in [3.8, 4) is 0 Å². The highest BCUT2D eigenvalue weighted by molar-refractivity contribution is 5.85. The van der Waals surface area contributed by atoms with Crippen molar-refractivity contribution in [2.24, 2.45) is 0 Å². The summed E-state index contributed by atoms with van der Waals surface area (Å²) in [4.78, 5) is 4.75. The first kappa shape index (κ1) is 13.4. The molecule has 1 heterocycles. The predicted octanol–water partition coefficient (Wildman–Crippen LogP) is 2.18. The number of rotatable bonds is 3. The number of hydrogen-bond acceptors (Lipinski definition) is 3. The third-order valence-corrected chi connectivity index (χ3v) is 4.13. The van der Waals surface area contributed by atoms with Gasteiger partial charge in [0.15, 0.2) is 0 Å². The molecule has 1 aliphatic rings. The summed E-state index contributed by atoms with van der Waals surface area (Å²) in [5.41, 5.74) is 1.29. The molecule has 3 nitrogen and oxygen atoms in total. The monoisotopic (exact) mass is 269 g/mol. The van der Waals surface area contributed by atoms with Gasteiger partial charge in [-0.25, -0.2) is 0 Å². The third kappa shape index (κ3) is 2.94. The molecule has 3 rings (SSSR count). The van der Waals surface area contributed by atoms with Crippen LogP contribution in [-0.4, -0.2) is 51.2 Å². The first-order valence-electron chi connectivity index (χ1n) is 7.34. The van der Waals surface area contributed by atoms with Gasteiger partial charge in [-0.2, -0.15) is 0 Å². The average molecular weight is 269 g/mol. The zero-order valence-electron chi connectivity index (χ0n) is 12.3. The molecule has 0 radical (unpaired) electrons. The largest absolute Gasteiger partial charge is 0.373 e. The number of likely N-dealkylation sites (N-methyl/N-ethyl adjacent to an activating group) is 2. The number of fused-ring (bicyclic) bond motifs is 1. The number of piperazine rings is 1. The first-order valence-corrected chi connectivity index (χ1v) is 7.34. The molecule has 1 unspecified atom stereocenters. The van der Waals surface area contributed by atoms with Gasteiger partial charge in [0.1, 0.15) is 0 Å². The minimum Gasteiger partial charge on any atom is -0.373 e. The lowest BCUT2D eigenvalue weighted by atomic mass is 10.1. The van der Waals surface area contributed by atoms with E-state index in [9.17, 15) is 0 Å². The normalized spacial score (nSPS) is 20.2. The van der Waals surface area contributed by atoms with E-state index in [-0.39, 0.29) is 0 Å². The lowest BCUT2D eigenvalue weighted by Crippen LogP contribution is -2.53. The number of nitrogens with zero attached hydrogens (tertiary/aromatic N) is 2. The Kier molecular flexibility index (Phi) is 3.90. The van der Waals surface area contributed by atoms with E-state index in [0.717, 1.165) is 26.2 Å². The molecule has 3 heteroatoms. The van der Waals surface area contributed by atoms with Gasteiger partial charge in [-0.1, -0.05) is 30.3 Å². The van der Waals surface area contributed by atoms with Gasteiger partial charge in [0.25, 0.3) is 0 Å². The highest BCUT2D eigenvalue weighted by Crippen LogP contribution is 2.21. The second-order valence-corrected chi connectivity index (χ2v) is 5.83. The summed E-state index contributed by atoms with van der Waals surface area (Å²) in [7, 11) is 4.38. The Hall–Kier alpha value is -1.58. The summed E-state index contributed by atoms with van der Waals surface area (Å²) in [6, 6.07) is 15.8. The number of anilines is 1. The van der Waals surface area contributed by atoms with Gasteiger partial charge >= 0.3 is 0 Å². The molecule has 0 amide bonds. The lowest BCUT2D eigenvalue weighted by Gasteiger charge is -2.34. The minimum absolute atomic E-state index is 0.547. The second kappa shape index (κ2) is 5.81. The number of benzene rings is 2. The van der Waals surface area contributed by atoms with Crippen molar-refractivity contribution in [3.63, 3.8) is 0 Å². The third-order valence-electron chi connectivity index (χ3n) is 4.13. The van der Waals surface area contributed by atoms with Gasteiger partial charge in [0.05, 0.1) is 0 Å². The van der Waals surface area contributed by atoms with E-state index in [2.05, 4.69) is 71.7 Å². The van der Waals surface area contributed by atoms with Crippen LogP contribution in [0, 0.1) is 0 Å². The van der Waals surface area contributed by atoms with Crippen molar-refractivity contribution in [2.45, 2.75) is 6.04 Å². The van der Waals surface area contributed by atoms with E-state index in [0.29, 0.717) is 6.04 Å². The molecule has 106 valence electrons. The van der Waals surface area contributed by atoms with Crippen LogP contribution in [0.1, 0.15) is 0 Å². The van der Waals surface area contributed by atoms with Gasteiger partial charge in [0, 0.05) is 45.0 Å². The summed E-state index contributed by atoms with van der Waals surface area (Å²) >= 11 is 0. The van der Waals surface area contributed by atoms with Crippen LogP contribution >= 0.6 is 0 Å². The van der Waals surface area contributed by atoms with Crippen molar-refractivity contribution in [1.82, 2.24) is 10.2 Å². The summed E-state index contributed by atoms with van der Waals surface area (Å²) < 4.78 is 0. The quantitative estimate of drug-likeness (QED) is 0.921. The van der Waals surface area contributed by atoms with Crippen molar-refractivity contribution < 1.29 is 0 Å². The fourth-order valence-electron chi connectivity index (χ4n) is 2.96.